The second kappa shape index (κ2) is 6.89. The number of thiazole rings is 1. The summed E-state index contributed by atoms with van der Waals surface area (Å²) in [5, 5.41) is 11.3. The Balaban J connectivity index is 1.92. The molecule has 0 amide bonds. The van der Waals surface area contributed by atoms with Gasteiger partial charge in [0.2, 0.25) is 0 Å². The first-order valence-corrected chi connectivity index (χ1v) is 7.83. The third kappa shape index (κ3) is 4.22. The summed E-state index contributed by atoms with van der Waals surface area (Å²) in [6.45, 7) is 3.29. The molecule has 1 unspecified atom stereocenters. The number of hydrogen-bond donors (Lipinski definition) is 1. The Hall–Kier alpha value is -0.710. The highest BCUT2D eigenvalue weighted by molar-refractivity contribution is 7.09. The van der Waals surface area contributed by atoms with Crippen molar-refractivity contribution in [3.05, 3.63) is 39.0 Å². The lowest BCUT2D eigenvalue weighted by Gasteiger charge is -2.16. The molecular weight excluding hydrogens is 248 g/mol. The van der Waals surface area contributed by atoms with E-state index in [4.69, 9.17) is 0 Å². The average molecular weight is 266 g/mol. The molecule has 0 bridgehead atoms. The molecular formula is C13H18N2S2. The molecule has 0 saturated carbocycles. The number of nitrogens with one attached hydrogen (secondary N) is 1. The lowest BCUT2D eigenvalue weighted by atomic mass is 10.1. The summed E-state index contributed by atoms with van der Waals surface area (Å²) in [6, 6.07) is 2.73. The predicted molar refractivity (Wildman–Crippen MR) is 75.9 cm³/mol. The molecule has 0 aliphatic rings. The molecule has 0 spiro atoms. The van der Waals surface area contributed by atoms with E-state index in [9.17, 15) is 0 Å². The van der Waals surface area contributed by atoms with Gasteiger partial charge in [0.25, 0.3) is 0 Å². The highest BCUT2D eigenvalue weighted by atomic mass is 32.1. The van der Waals surface area contributed by atoms with Crippen molar-refractivity contribution in [1.82, 2.24) is 10.3 Å². The van der Waals surface area contributed by atoms with E-state index < -0.39 is 0 Å². The minimum Gasteiger partial charge on any atom is -0.313 e. The molecule has 0 aliphatic heterocycles. The normalized spacial score (nSPS) is 12.8. The van der Waals surface area contributed by atoms with Crippen molar-refractivity contribution in [2.24, 2.45) is 0 Å². The van der Waals surface area contributed by atoms with Crippen LogP contribution in [0.25, 0.3) is 0 Å². The van der Waals surface area contributed by atoms with E-state index in [1.807, 2.05) is 6.20 Å². The maximum absolute atomic E-state index is 4.37. The average Bonchev–Trinajstić information content (AvgIpc) is 2.99. The van der Waals surface area contributed by atoms with Crippen molar-refractivity contribution in [2.75, 3.05) is 6.54 Å². The first-order valence-electron chi connectivity index (χ1n) is 6.01. The van der Waals surface area contributed by atoms with Crippen molar-refractivity contribution in [3.63, 3.8) is 0 Å². The third-order valence-corrected chi connectivity index (χ3v) is 4.18. The number of aromatic nitrogens is 1. The van der Waals surface area contributed by atoms with Crippen molar-refractivity contribution < 1.29 is 0 Å². The van der Waals surface area contributed by atoms with Gasteiger partial charge in [0.1, 0.15) is 0 Å². The van der Waals surface area contributed by atoms with Crippen LogP contribution in [0, 0.1) is 0 Å². The van der Waals surface area contributed by atoms with E-state index in [1.54, 1.807) is 22.7 Å². The van der Waals surface area contributed by atoms with Crippen LogP contribution in [0.15, 0.2) is 28.4 Å². The number of thiophene rings is 1. The number of nitrogens with zero attached hydrogens (tertiary/aromatic N) is 1. The van der Waals surface area contributed by atoms with Gasteiger partial charge in [-0.1, -0.05) is 6.92 Å². The van der Waals surface area contributed by atoms with E-state index in [0.29, 0.717) is 6.04 Å². The van der Waals surface area contributed by atoms with Crippen LogP contribution in [0.3, 0.4) is 0 Å². The third-order valence-electron chi connectivity index (χ3n) is 2.65. The number of hydrogen-bond acceptors (Lipinski definition) is 4. The van der Waals surface area contributed by atoms with Crippen molar-refractivity contribution in [3.8, 4) is 0 Å². The maximum atomic E-state index is 4.37. The molecule has 17 heavy (non-hydrogen) atoms. The van der Waals surface area contributed by atoms with Gasteiger partial charge in [-0.25, -0.2) is 4.98 Å². The van der Waals surface area contributed by atoms with Gasteiger partial charge in [0, 0.05) is 24.0 Å². The highest BCUT2D eigenvalue weighted by Gasteiger charge is 2.11. The predicted octanol–water partition coefficient (Wildman–Crippen LogP) is 3.36. The summed E-state index contributed by atoms with van der Waals surface area (Å²) in [6.07, 6.45) is 5.20. The van der Waals surface area contributed by atoms with E-state index >= 15 is 0 Å². The Morgan fingerprint density at radius 2 is 2.29 bits per heavy atom. The zero-order chi connectivity index (χ0) is 11.9. The van der Waals surface area contributed by atoms with Crippen LogP contribution in [0.2, 0.25) is 0 Å². The quantitative estimate of drug-likeness (QED) is 0.831. The molecule has 0 fully saturated rings. The summed E-state index contributed by atoms with van der Waals surface area (Å²) in [4.78, 5) is 4.37. The largest absolute Gasteiger partial charge is 0.313 e. The van der Waals surface area contributed by atoms with Gasteiger partial charge in [-0.2, -0.15) is 11.3 Å². The highest BCUT2D eigenvalue weighted by Crippen LogP contribution is 2.13. The fourth-order valence-corrected chi connectivity index (χ4v) is 3.20. The molecule has 2 aromatic heterocycles. The minimum atomic E-state index is 0.510. The fraction of sp³-hybridized carbons (Fsp3) is 0.462. The molecule has 4 heteroatoms. The molecule has 1 N–H and O–H groups in total. The first-order chi connectivity index (χ1) is 8.38. The monoisotopic (exact) mass is 266 g/mol. The molecule has 92 valence electrons. The number of rotatable bonds is 7. The minimum absolute atomic E-state index is 0.510. The van der Waals surface area contributed by atoms with E-state index in [0.717, 1.165) is 19.4 Å². The molecule has 2 rings (SSSR count). The fourth-order valence-electron chi connectivity index (χ4n) is 1.82. The van der Waals surface area contributed by atoms with Gasteiger partial charge >= 0.3 is 0 Å². The van der Waals surface area contributed by atoms with Gasteiger partial charge in [0.15, 0.2) is 0 Å². The molecule has 2 aromatic rings. The van der Waals surface area contributed by atoms with Crippen LogP contribution in [0.1, 0.15) is 23.9 Å². The van der Waals surface area contributed by atoms with Crippen LogP contribution in [-0.2, 0) is 12.8 Å². The Morgan fingerprint density at radius 1 is 1.35 bits per heavy atom. The van der Waals surface area contributed by atoms with Crippen LogP contribution in [-0.4, -0.2) is 17.6 Å². The summed E-state index contributed by atoms with van der Waals surface area (Å²) in [7, 11) is 0. The zero-order valence-electron chi connectivity index (χ0n) is 10.1. The van der Waals surface area contributed by atoms with E-state index in [2.05, 4.69) is 39.4 Å². The second-order valence-electron chi connectivity index (χ2n) is 4.12. The molecule has 2 nitrogen and oxygen atoms in total. The molecule has 0 saturated heterocycles. The molecule has 0 aliphatic carbocycles. The summed E-state index contributed by atoms with van der Waals surface area (Å²) in [5.74, 6) is 0. The molecule has 1 atom stereocenters. The molecule has 2 heterocycles. The maximum Gasteiger partial charge on any atom is 0.0940 e. The Bertz CT molecular complexity index is 359. The van der Waals surface area contributed by atoms with Crippen LogP contribution < -0.4 is 5.32 Å². The van der Waals surface area contributed by atoms with Crippen LogP contribution >= 0.6 is 22.7 Å². The summed E-state index contributed by atoms with van der Waals surface area (Å²) < 4.78 is 0. The summed E-state index contributed by atoms with van der Waals surface area (Å²) in [5.41, 5.74) is 1.43. The van der Waals surface area contributed by atoms with E-state index in [-0.39, 0.29) is 0 Å². The topological polar surface area (TPSA) is 24.9 Å². The lowest BCUT2D eigenvalue weighted by Crippen LogP contribution is -2.33. The van der Waals surface area contributed by atoms with Crippen molar-refractivity contribution >= 4 is 22.7 Å². The van der Waals surface area contributed by atoms with Gasteiger partial charge in [-0.3, -0.25) is 0 Å². The Kier molecular flexibility index (Phi) is 5.16. The summed E-state index contributed by atoms with van der Waals surface area (Å²) >= 11 is 3.52. The van der Waals surface area contributed by atoms with Gasteiger partial charge < -0.3 is 5.32 Å². The van der Waals surface area contributed by atoms with Crippen molar-refractivity contribution in [1.29, 1.82) is 0 Å². The zero-order valence-corrected chi connectivity index (χ0v) is 11.7. The smallest absolute Gasteiger partial charge is 0.0940 e. The van der Waals surface area contributed by atoms with Gasteiger partial charge in [0.05, 0.1) is 5.01 Å². The first kappa shape index (κ1) is 12.7. The van der Waals surface area contributed by atoms with Gasteiger partial charge in [-0.15, -0.1) is 11.3 Å². The van der Waals surface area contributed by atoms with Gasteiger partial charge in [-0.05, 0) is 41.8 Å². The Morgan fingerprint density at radius 3 is 2.94 bits per heavy atom. The second-order valence-corrected chi connectivity index (χ2v) is 5.88. The van der Waals surface area contributed by atoms with E-state index in [1.165, 1.54) is 17.0 Å². The molecule has 0 aromatic carbocycles. The SMILES string of the molecule is CCCNC(Cc1ccsc1)Cc1nccs1. The standard InChI is InChI=1S/C13H18N2S2/c1-2-4-14-12(8-11-3-6-16-10-11)9-13-15-5-7-17-13/h3,5-7,10,12,14H,2,4,8-9H2,1H3. The lowest BCUT2D eigenvalue weighted by molar-refractivity contribution is 0.504. The molecule has 0 radical (unpaired) electrons. The van der Waals surface area contributed by atoms with Crippen LogP contribution in [0.5, 0.6) is 0 Å². The van der Waals surface area contributed by atoms with Crippen molar-refractivity contribution in [2.45, 2.75) is 32.2 Å². The Labute approximate surface area is 111 Å². The van der Waals surface area contributed by atoms with Crippen LogP contribution in [0.4, 0.5) is 0 Å².